The van der Waals surface area contributed by atoms with Crippen molar-refractivity contribution in [1.29, 1.82) is 0 Å². The van der Waals surface area contributed by atoms with E-state index in [4.69, 9.17) is 5.73 Å². The molecular weight excluding hydrogens is 446 g/mol. The second kappa shape index (κ2) is 8.12. The van der Waals surface area contributed by atoms with Gasteiger partial charge in [0, 0.05) is 23.8 Å². The summed E-state index contributed by atoms with van der Waals surface area (Å²) in [6.07, 6.45) is 6.86. The molecule has 7 nitrogen and oxygen atoms in total. The summed E-state index contributed by atoms with van der Waals surface area (Å²) in [6, 6.07) is 5.25. The highest BCUT2D eigenvalue weighted by Gasteiger charge is 2.40. The van der Waals surface area contributed by atoms with Crippen molar-refractivity contribution in [1.82, 2.24) is 4.98 Å². The van der Waals surface area contributed by atoms with Crippen molar-refractivity contribution in [3.63, 3.8) is 0 Å². The maximum atomic E-state index is 13.2. The molecule has 3 aliphatic rings. The van der Waals surface area contributed by atoms with Gasteiger partial charge in [-0.2, -0.15) is 0 Å². The highest BCUT2D eigenvalue weighted by Crippen LogP contribution is 2.46. The summed E-state index contributed by atoms with van der Waals surface area (Å²) in [6.45, 7) is 0. The zero-order chi connectivity index (χ0) is 22.5. The van der Waals surface area contributed by atoms with Gasteiger partial charge in [-0.15, -0.1) is 11.3 Å². The third kappa shape index (κ3) is 4.36. The first-order valence-electron chi connectivity index (χ1n) is 11.0. The zero-order valence-electron chi connectivity index (χ0n) is 17.5. The number of nitrogen functional groups attached to an aromatic ring is 1. The third-order valence-corrected chi connectivity index (χ3v) is 9.39. The van der Waals surface area contributed by atoms with Crippen molar-refractivity contribution in [2.24, 2.45) is 5.92 Å². The predicted octanol–water partition coefficient (Wildman–Crippen LogP) is 3.93. The number of aromatic nitrogens is 1. The molecule has 0 radical (unpaired) electrons. The molecule has 3 fully saturated rings. The lowest BCUT2D eigenvalue weighted by molar-refractivity contribution is -0.117. The van der Waals surface area contributed by atoms with Gasteiger partial charge in [-0.3, -0.25) is 14.9 Å². The van der Waals surface area contributed by atoms with Crippen LogP contribution in [0.1, 0.15) is 62.0 Å². The normalized spacial score (nSPS) is 21.7. The Bertz CT molecular complexity index is 1220. The van der Waals surface area contributed by atoms with E-state index >= 15 is 0 Å². The molecule has 9 heteroatoms. The first-order valence-corrected chi connectivity index (χ1v) is 13.4. The quantitative estimate of drug-likeness (QED) is 0.591. The van der Waals surface area contributed by atoms with Crippen molar-refractivity contribution in [2.75, 3.05) is 11.1 Å². The van der Waals surface area contributed by atoms with Crippen molar-refractivity contribution in [3.8, 4) is 0 Å². The SMILES string of the molecule is Nc1csc(NC(=O)/C(=C/[C@H]2CCC(=O)C2)c2ccc(S(=O)(=O)C3CC3)c(C3CC3)c2)n1. The number of amides is 1. The Labute approximate surface area is 191 Å². The number of carbonyl (C=O) groups is 2. The fourth-order valence-electron chi connectivity index (χ4n) is 4.28. The van der Waals surface area contributed by atoms with E-state index in [1.807, 2.05) is 12.1 Å². The van der Waals surface area contributed by atoms with Gasteiger partial charge < -0.3 is 5.73 Å². The van der Waals surface area contributed by atoms with Crippen LogP contribution in [-0.4, -0.2) is 30.3 Å². The van der Waals surface area contributed by atoms with E-state index in [1.165, 1.54) is 11.3 Å². The van der Waals surface area contributed by atoms with E-state index in [0.29, 0.717) is 59.1 Å². The van der Waals surface area contributed by atoms with Crippen LogP contribution in [0.3, 0.4) is 0 Å². The fraction of sp³-hybridized carbons (Fsp3) is 0.435. The van der Waals surface area contributed by atoms with Gasteiger partial charge in [-0.25, -0.2) is 13.4 Å². The molecule has 5 rings (SSSR count). The number of rotatable bonds is 7. The molecule has 0 saturated heterocycles. The van der Waals surface area contributed by atoms with Gasteiger partial charge in [-0.05, 0) is 67.2 Å². The number of ketones is 1. The number of thiazole rings is 1. The number of nitrogens with one attached hydrogen (secondary N) is 1. The van der Waals surface area contributed by atoms with Gasteiger partial charge in [0.05, 0.1) is 10.1 Å². The first-order chi connectivity index (χ1) is 15.3. The predicted molar refractivity (Wildman–Crippen MR) is 124 cm³/mol. The minimum Gasteiger partial charge on any atom is -0.383 e. The van der Waals surface area contributed by atoms with Crippen LogP contribution in [0.15, 0.2) is 34.6 Å². The van der Waals surface area contributed by atoms with Gasteiger partial charge in [-0.1, -0.05) is 12.1 Å². The second-order valence-electron chi connectivity index (χ2n) is 8.92. The van der Waals surface area contributed by atoms with Crippen LogP contribution in [0.4, 0.5) is 10.9 Å². The molecular formula is C23H25N3O4S2. The van der Waals surface area contributed by atoms with Crippen LogP contribution in [0.25, 0.3) is 5.57 Å². The van der Waals surface area contributed by atoms with Crippen molar-refractivity contribution in [2.45, 2.75) is 61.0 Å². The summed E-state index contributed by atoms with van der Waals surface area (Å²) in [5.41, 5.74) is 7.60. The van der Waals surface area contributed by atoms with Crippen LogP contribution in [-0.2, 0) is 19.4 Å². The van der Waals surface area contributed by atoms with E-state index in [1.54, 1.807) is 17.5 Å². The van der Waals surface area contributed by atoms with Gasteiger partial charge in [0.25, 0.3) is 5.91 Å². The van der Waals surface area contributed by atoms with Crippen molar-refractivity contribution >= 4 is 49.4 Å². The third-order valence-electron chi connectivity index (χ3n) is 6.28. The molecule has 2 aromatic rings. The van der Waals surface area contributed by atoms with Gasteiger partial charge in [0.15, 0.2) is 15.0 Å². The number of hydrogen-bond acceptors (Lipinski definition) is 7. The maximum Gasteiger partial charge on any atom is 0.257 e. The number of nitrogens with zero attached hydrogens (tertiary/aromatic N) is 1. The molecule has 3 saturated carbocycles. The lowest BCUT2D eigenvalue weighted by Crippen LogP contribution is -2.16. The van der Waals surface area contributed by atoms with Gasteiger partial charge in [0.1, 0.15) is 11.6 Å². The smallest absolute Gasteiger partial charge is 0.257 e. The zero-order valence-corrected chi connectivity index (χ0v) is 19.2. The van der Waals surface area contributed by atoms with Crippen molar-refractivity contribution in [3.05, 3.63) is 40.8 Å². The Morgan fingerprint density at radius 1 is 1.19 bits per heavy atom. The van der Waals surface area contributed by atoms with Crippen LogP contribution in [0, 0.1) is 5.92 Å². The average molecular weight is 472 g/mol. The molecule has 168 valence electrons. The van der Waals surface area contributed by atoms with E-state index < -0.39 is 9.84 Å². The summed E-state index contributed by atoms with van der Waals surface area (Å²) >= 11 is 1.24. The molecule has 0 spiro atoms. The number of nitrogens with two attached hydrogens (primary N) is 1. The molecule has 3 N–H and O–H groups in total. The highest BCUT2D eigenvalue weighted by atomic mass is 32.2. The first kappa shape index (κ1) is 21.3. The molecule has 32 heavy (non-hydrogen) atoms. The maximum absolute atomic E-state index is 13.2. The van der Waals surface area contributed by atoms with Crippen LogP contribution < -0.4 is 11.1 Å². The molecule has 1 amide bonds. The Morgan fingerprint density at radius 3 is 2.56 bits per heavy atom. The van der Waals surface area contributed by atoms with Gasteiger partial charge >= 0.3 is 0 Å². The Kier molecular flexibility index (Phi) is 5.41. The largest absolute Gasteiger partial charge is 0.383 e. The summed E-state index contributed by atoms with van der Waals surface area (Å²) in [7, 11) is -3.33. The molecule has 1 aromatic heterocycles. The monoisotopic (exact) mass is 471 g/mol. The number of allylic oxidation sites excluding steroid dienone is 1. The summed E-state index contributed by atoms with van der Waals surface area (Å²) in [4.78, 5) is 29.5. The minimum atomic E-state index is -3.33. The molecule has 1 aromatic carbocycles. The molecule has 0 bridgehead atoms. The number of hydrogen-bond donors (Lipinski definition) is 2. The lowest BCUT2D eigenvalue weighted by atomic mass is 9.96. The van der Waals surface area contributed by atoms with E-state index in [0.717, 1.165) is 18.4 Å². The van der Waals surface area contributed by atoms with Crippen LogP contribution in [0.2, 0.25) is 0 Å². The van der Waals surface area contributed by atoms with E-state index in [9.17, 15) is 18.0 Å². The Hall–Kier alpha value is -2.52. The number of anilines is 2. The van der Waals surface area contributed by atoms with E-state index in [-0.39, 0.29) is 28.8 Å². The number of carbonyl (C=O) groups excluding carboxylic acids is 2. The lowest BCUT2D eigenvalue weighted by Gasteiger charge is -2.15. The Balaban J connectivity index is 1.53. The molecule has 0 unspecified atom stereocenters. The number of benzene rings is 1. The fourth-order valence-corrected chi connectivity index (χ4v) is 6.80. The average Bonchev–Trinajstić information content (AvgIpc) is 3.68. The standard InChI is InChI=1S/C23H25N3O4S2/c24-21-12-31-23(25-21)26-22(28)19(10-13-1-5-16(27)9-13)15-4-8-20(18(11-15)14-2-3-14)32(29,30)17-6-7-17/h4,8,10-14,17H,1-3,5-7,9,24H2,(H,25,26,28)/b19-10+/t13-/m0/s1. The summed E-state index contributed by atoms with van der Waals surface area (Å²) in [5, 5.41) is 4.58. The highest BCUT2D eigenvalue weighted by molar-refractivity contribution is 7.92. The number of Topliss-reactive ketones (excluding diaryl/α,β-unsaturated/α-hetero) is 1. The van der Waals surface area contributed by atoms with E-state index in [2.05, 4.69) is 10.3 Å². The summed E-state index contributed by atoms with van der Waals surface area (Å²) in [5.74, 6) is 0.405. The molecule has 1 atom stereocenters. The molecule has 1 heterocycles. The minimum absolute atomic E-state index is 0.0103. The van der Waals surface area contributed by atoms with Crippen LogP contribution >= 0.6 is 11.3 Å². The molecule has 3 aliphatic carbocycles. The van der Waals surface area contributed by atoms with Gasteiger partial charge in [0.2, 0.25) is 0 Å². The number of sulfone groups is 1. The topological polar surface area (TPSA) is 119 Å². The van der Waals surface area contributed by atoms with Crippen molar-refractivity contribution < 1.29 is 18.0 Å². The molecule has 0 aliphatic heterocycles. The second-order valence-corrected chi connectivity index (χ2v) is 12.0. The van der Waals surface area contributed by atoms with Crippen LogP contribution in [0.5, 0.6) is 0 Å². The summed E-state index contributed by atoms with van der Waals surface area (Å²) < 4.78 is 25.9. The Morgan fingerprint density at radius 2 is 1.97 bits per heavy atom.